The number of benzene rings is 9. The summed E-state index contributed by atoms with van der Waals surface area (Å²) in [5.41, 5.74) is 12.0. The molecule has 0 radical (unpaired) electrons. The highest BCUT2D eigenvalue weighted by Crippen LogP contribution is 2.53. The molecule has 0 saturated carbocycles. The summed E-state index contributed by atoms with van der Waals surface area (Å²) in [4.78, 5) is 0. The van der Waals surface area contributed by atoms with Crippen LogP contribution in [0.5, 0.6) is 11.5 Å². The Morgan fingerprint density at radius 2 is 0.735 bits per heavy atom. The Hall–Kier alpha value is -6.44. The highest BCUT2D eigenvalue weighted by Gasteiger charge is 2.25. The van der Waals surface area contributed by atoms with Crippen LogP contribution in [0.2, 0.25) is 0 Å². The third-order valence-corrected chi connectivity index (χ3v) is 10.1. The van der Waals surface area contributed by atoms with E-state index >= 15 is 0 Å². The van der Waals surface area contributed by atoms with Gasteiger partial charge in [-0.1, -0.05) is 176 Å². The van der Waals surface area contributed by atoms with Crippen LogP contribution >= 0.6 is 0 Å². The molecule has 9 aromatic rings. The Labute approximate surface area is 285 Å². The van der Waals surface area contributed by atoms with Crippen LogP contribution in [-0.2, 0) is 0 Å². The average molecular weight is 623 g/mol. The van der Waals surface area contributed by atoms with Crippen molar-refractivity contribution in [1.82, 2.24) is 0 Å². The molecule has 0 atom stereocenters. The second kappa shape index (κ2) is 11.1. The van der Waals surface area contributed by atoms with Crippen molar-refractivity contribution in [2.45, 2.75) is 0 Å². The SMILES string of the molecule is c1ccc(-c2ccc(-c3ccc(-c4c5ccccc5c(-c5cccc6c5Oc5cccc7cccc-6c57)c5ccccc45)cc3)cc2)cc1. The van der Waals surface area contributed by atoms with E-state index in [0.717, 1.165) is 22.6 Å². The van der Waals surface area contributed by atoms with Gasteiger partial charge in [-0.3, -0.25) is 0 Å². The van der Waals surface area contributed by atoms with Crippen molar-refractivity contribution in [3.05, 3.63) is 182 Å². The van der Waals surface area contributed by atoms with Gasteiger partial charge in [0.25, 0.3) is 0 Å². The van der Waals surface area contributed by atoms with E-state index in [4.69, 9.17) is 4.74 Å². The summed E-state index contributed by atoms with van der Waals surface area (Å²) in [6.07, 6.45) is 0. The molecule has 0 bridgehead atoms. The molecule has 0 saturated heterocycles. The van der Waals surface area contributed by atoms with Crippen molar-refractivity contribution in [3.8, 4) is 67.1 Å². The van der Waals surface area contributed by atoms with Crippen LogP contribution in [0.4, 0.5) is 0 Å². The molecule has 228 valence electrons. The largest absolute Gasteiger partial charge is 0.455 e. The highest BCUT2D eigenvalue weighted by atomic mass is 16.5. The molecule has 10 rings (SSSR count). The molecule has 1 heteroatoms. The summed E-state index contributed by atoms with van der Waals surface area (Å²) in [6, 6.07) is 65.6. The van der Waals surface area contributed by atoms with E-state index < -0.39 is 0 Å². The van der Waals surface area contributed by atoms with Gasteiger partial charge >= 0.3 is 0 Å². The molecular formula is C48H30O. The lowest BCUT2D eigenvalue weighted by Gasteiger charge is -2.25. The Kier molecular flexibility index (Phi) is 6.25. The third-order valence-electron chi connectivity index (χ3n) is 10.1. The predicted molar refractivity (Wildman–Crippen MR) is 206 cm³/mol. The number of para-hydroxylation sites is 1. The first kappa shape index (κ1) is 27.7. The maximum Gasteiger partial charge on any atom is 0.143 e. The normalized spacial score (nSPS) is 11.8. The van der Waals surface area contributed by atoms with Gasteiger partial charge in [-0.15, -0.1) is 0 Å². The smallest absolute Gasteiger partial charge is 0.143 e. The topological polar surface area (TPSA) is 9.23 Å². The minimum Gasteiger partial charge on any atom is -0.455 e. The van der Waals surface area contributed by atoms with Crippen LogP contribution in [0.3, 0.4) is 0 Å². The van der Waals surface area contributed by atoms with Crippen LogP contribution in [0, 0.1) is 0 Å². The fourth-order valence-electron chi connectivity index (χ4n) is 7.83. The zero-order valence-corrected chi connectivity index (χ0v) is 26.7. The molecular weight excluding hydrogens is 593 g/mol. The van der Waals surface area contributed by atoms with Crippen molar-refractivity contribution in [1.29, 1.82) is 0 Å². The van der Waals surface area contributed by atoms with Crippen molar-refractivity contribution in [2.75, 3.05) is 0 Å². The van der Waals surface area contributed by atoms with Gasteiger partial charge in [-0.05, 0) is 71.9 Å². The minimum absolute atomic E-state index is 0.910. The molecule has 9 aromatic carbocycles. The van der Waals surface area contributed by atoms with E-state index in [1.165, 1.54) is 76.8 Å². The van der Waals surface area contributed by atoms with Crippen LogP contribution in [0.25, 0.3) is 88.0 Å². The monoisotopic (exact) mass is 622 g/mol. The van der Waals surface area contributed by atoms with Gasteiger partial charge in [0.1, 0.15) is 11.5 Å². The summed E-state index contributed by atoms with van der Waals surface area (Å²) >= 11 is 0. The summed E-state index contributed by atoms with van der Waals surface area (Å²) < 4.78 is 6.84. The molecule has 0 fully saturated rings. The Balaban J connectivity index is 1.13. The number of hydrogen-bond acceptors (Lipinski definition) is 1. The van der Waals surface area contributed by atoms with Crippen molar-refractivity contribution in [2.24, 2.45) is 0 Å². The lowest BCUT2D eigenvalue weighted by Crippen LogP contribution is -2.00. The van der Waals surface area contributed by atoms with E-state index in [9.17, 15) is 0 Å². The van der Waals surface area contributed by atoms with Crippen LogP contribution in [0.1, 0.15) is 0 Å². The molecule has 1 nitrogen and oxygen atoms in total. The second-order valence-electron chi connectivity index (χ2n) is 12.8. The fraction of sp³-hybridized carbons (Fsp3) is 0. The summed E-state index contributed by atoms with van der Waals surface area (Å²) in [5, 5.41) is 7.26. The molecule has 0 N–H and O–H groups in total. The van der Waals surface area contributed by atoms with Gasteiger partial charge < -0.3 is 4.74 Å². The maximum atomic E-state index is 6.84. The first-order valence-electron chi connectivity index (χ1n) is 16.8. The molecule has 0 spiro atoms. The molecule has 0 unspecified atom stereocenters. The summed E-state index contributed by atoms with van der Waals surface area (Å²) in [7, 11) is 0. The average Bonchev–Trinajstić information content (AvgIpc) is 3.18. The van der Waals surface area contributed by atoms with Crippen LogP contribution in [0.15, 0.2) is 182 Å². The van der Waals surface area contributed by atoms with E-state index in [1.54, 1.807) is 0 Å². The van der Waals surface area contributed by atoms with E-state index in [1.807, 2.05) is 0 Å². The lowest BCUT2D eigenvalue weighted by atomic mass is 9.84. The quantitative estimate of drug-likeness (QED) is 0.177. The first-order chi connectivity index (χ1) is 24.3. The van der Waals surface area contributed by atoms with E-state index in [-0.39, 0.29) is 0 Å². The molecule has 0 amide bonds. The van der Waals surface area contributed by atoms with Gasteiger partial charge in [-0.25, -0.2) is 0 Å². The number of hydrogen-bond donors (Lipinski definition) is 0. The van der Waals surface area contributed by atoms with Gasteiger partial charge in [0.2, 0.25) is 0 Å². The second-order valence-corrected chi connectivity index (χ2v) is 12.8. The first-order valence-corrected chi connectivity index (χ1v) is 16.8. The Bertz CT molecular complexity index is 2640. The number of ether oxygens (including phenoxy) is 1. The molecule has 1 heterocycles. The summed E-state index contributed by atoms with van der Waals surface area (Å²) in [5.74, 6) is 1.83. The minimum atomic E-state index is 0.910. The van der Waals surface area contributed by atoms with E-state index in [0.29, 0.717) is 0 Å². The molecule has 0 aliphatic carbocycles. The zero-order chi connectivity index (χ0) is 32.3. The molecule has 1 aliphatic heterocycles. The zero-order valence-electron chi connectivity index (χ0n) is 26.7. The third kappa shape index (κ3) is 4.40. The van der Waals surface area contributed by atoms with Gasteiger partial charge in [0.15, 0.2) is 0 Å². The van der Waals surface area contributed by atoms with Crippen molar-refractivity contribution in [3.63, 3.8) is 0 Å². The van der Waals surface area contributed by atoms with Gasteiger partial charge in [0, 0.05) is 22.1 Å². The molecule has 49 heavy (non-hydrogen) atoms. The number of rotatable bonds is 4. The maximum absolute atomic E-state index is 6.84. The molecule has 0 aromatic heterocycles. The Morgan fingerprint density at radius 3 is 1.35 bits per heavy atom. The fourth-order valence-corrected chi connectivity index (χ4v) is 7.83. The standard InChI is InChI=1S/C48H30O/c1-2-11-31(12-3-1)32-23-25-33(26-24-32)34-27-29-36(30-28-34)45-37-15-4-6-17-39(37)47(40-18-7-5-16-38(40)45)43-21-10-20-42-41-19-8-13-35-14-9-22-44(46(35)41)49-48(42)43/h1-30H. The molecule has 1 aliphatic rings. The van der Waals surface area contributed by atoms with Crippen molar-refractivity contribution >= 4 is 32.3 Å². The van der Waals surface area contributed by atoms with Crippen molar-refractivity contribution < 1.29 is 4.74 Å². The highest BCUT2D eigenvalue weighted by molar-refractivity contribution is 6.22. The summed E-state index contributed by atoms with van der Waals surface area (Å²) in [6.45, 7) is 0. The predicted octanol–water partition coefficient (Wildman–Crippen LogP) is 13.6. The number of fused-ring (bicyclic) bond motifs is 4. The van der Waals surface area contributed by atoms with Crippen LogP contribution < -0.4 is 4.74 Å². The Morgan fingerprint density at radius 1 is 0.286 bits per heavy atom. The van der Waals surface area contributed by atoms with Gasteiger partial charge in [-0.2, -0.15) is 0 Å². The van der Waals surface area contributed by atoms with E-state index in [2.05, 4.69) is 182 Å². The lowest BCUT2D eigenvalue weighted by molar-refractivity contribution is 0.489. The van der Waals surface area contributed by atoms with Crippen LogP contribution in [-0.4, -0.2) is 0 Å². The van der Waals surface area contributed by atoms with Gasteiger partial charge in [0.05, 0.1) is 0 Å².